The number of fused-ring (bicyclic) bond motifs is 1. The molecule has 0 saturated heterocycles. The lowest BCUT2D eigenvalue weighted by atomic mass is 10.2. The molecule has 0 unspecified atom stereocenters. The van der Waals surface area contributed by atoms with Crippen molar-refractivity contribution in [1.82, 2.24) is 4.90 Å². The molecule has 0 aliphatic carbocycles. The number of nitrogens with one attached hydrogen (secondary N) is 1. The molecule has 122 valence electrons. The van der Waals surface area contributed by atoms with Crippen LogP contribution < -0.4 is 14.8 Å². The number of rotatable bonds is 3. The predicted molar refractivity (Wildman–Crippen MR) is 84.2 cm³/mol. The van der Waals surface area contributed by atoms with Crippen LogP contribution in [0.2, 0.25) is 0 Å². The van der Waals surface area contributed by atoms with E-state index in [1.165, 1.54) is 17.0 Å². The molecular weight excluding hydrogens is 313 g/mol. The SMILES string of the molecule is CN(Cc1ccc2c(c1)OCO2)C(=O)Nc1ccc(F)cc1C#N. The van der Waals surface area contributed by atoms with E-state index >= 15 is 0 Å². The van der Waals surface area contributed by atoms with Crippen LogP contribution in [-0.4, -0.2) is 24.8 Å². The summed E-state index contributed by atoms with van der Waals surface area (Å²) in [5.74, 6) is 0.792. The molecule has 2 amide bonds. The number of benzene rings is 2. The number of halogens is 1. The topological polar surface area (TPSA) is 74.6 Å². The van der Waals surface area contributed by atoms with E-state index in [9.17, 15) is 9.18 Å². The number of nitrogens with zero attached hydrogens (tertiary/aromatic N) is 2. The molecule has 0 bridgehead atoms. The monoisotopic (exact) mass is 327 g/mol. The van der Waals surface area contributed by atoms with Crippen LogP contribution in [0.1, 0.15) is 11.1 Å². The zero-order chi connectivity index (χ0) is 17.1. The van der Waals surface area contributed by atoms with Gasteiger partial charge in [0, 0.05) is 13.6 Å². The molecular formula is C17H14FN3O3. The third kappa shape index (κ3) is 3.22. The molecule has 0 fully saturated rings. The number of hydrogen-bond acceptors (Lipinski definition) is 4. The van der Waals surface area contributed by atoms with Crippen molar-refractivity contribution in [3.63, 3.8) is 0 Å². The summed E-state index contributed by atoms with van der Waals surface area (Å²) in [6.45, 7) is 0.530. The summed E-state index contributed by atoms with van der Waals surface area (Å²) in [5, 5.41) is 11.6. The summed E-state index contributed by atoms with van der Waals surface area (Å²) in [5.41, 5.74) is 1.21. The lowest BCUT2D eigenvalue weighted by Gasteiger charge is -2.18. The highest BCUT2D eigenvalue weighted by Gasteiger charge is 2.16. The van der Waals surface area contributed by atoms with Gasteiger partial charge in [0.15, 0.2) is 11.5 Å². The van der Waals surface area contributed by atoms with Gasteiger partial charge in [-0.3, -0.25) is 0 Å². The molecule has 0 aromatic heterocycles. The highest BCUT2D eigenvalue weighted by atomic mass is 19.1. The van der Waals surface area contributed by atoms with E-state index in [0.717, 1.165) is 11.6 Å². The average Bonchev–Trinajstić information content (AvgIpc) is 3.04. The molecule has 0 atom stereocenters. The van der Waals surface area contributed by atoms with Gasteiger partial charge in [-0.2, -0.15) is 5.26 Å². The van der Waals surface area contributed by atoms with Gasteiger partial charge >= 0.3 is 6.03 Å². The molecule has 1 aliphatic rings. The van der Waals surface area contributed by atoms with Crippen molar-refractivity contribution >= 4 is 11.7 Å². The minimum atomic E-state index is -0.529. The minimum absolute atomic E-state index is 0.0693. The van der Waals surface area contributed by atoms with Crippen LogP contribution in [0, 0.1) is 17.1 Å². The first-order valence-corrected chi connectivity index (χ1v) is 7.17. The quantitative estimate of drug-likeness (QED) is 0.940. The van der Waals surface area contributed by atoms with Gasteiger partial charge in [-0.1, -0.05) is 6.07 Å². The van der Waals surface area contributed by atoms with Crippen LogP contribution in [0.25, 0.3) is 0 Å². The van der Waals surface area contributed by atoms with Crippen molar-refractivity contribution in [1.29, 1.82) is 5.26 Å². The van der Waals surface area contributed by atoms with Crippen molar-refractivity contribution in [3.8, 4) is 17.6 Å². The Morgan fingerprint density at radius 2 is 2.08 bits per heavy atom. The van der Waals surface area contributed by atoms with Gasteiger partial charge in [0.05, 0.1) is 11.3 Å². The molecule has 2 aromatic rings. The van der Waals surface area contributed by atoms with E-state index in [2.05, 4.69) is 5.32 Å². The lowest BCUT2D eigenvalue weighted by Crippen LogP contribution is -2.31. The van der Waals surface area contributed by atoms with Crippen LogP contribution in [0.3, 0.4) is 0 Å². The maximum absolute atomic E-state index is 13.1. The third-order valence-corrected chi connectivity index (χ3v) is 3.55. The third-order valence-electron chi connectivity index (χ3n) is 3.55. The van der Waals surface area contributed by atoms with E-state index in [1.54, 1.807) is 13.1 Å². The van der Waals surface area contributed by atoms with Crippen LogP contribution in [0.15, 0.2) is 36.4 Å². The highest BCUT2D eigenvalue weighted by molar-refractivity contribution is 5.90. The molecule has 1 N–H and O–H groups in total. The molecule has 6 nitrogen and oxygen atoms in total. The first kappa shape index (κ1) is 15.6. The fourth-order valence-electron chi connectivity index (χ4n) is 2.31. The summed E-state index contributed by atoms with van der Waals surface area (Å²) in [6, 6.07) is 10.5. The summed E-state index contributed by atoms with van der Waals surface area (Å²) in [6.07, 6.45) is 0. The molecule has 1 aliphatic heterocycles. The van der Waals surface area contributed by atoms with Gasteiger partial charge in [-0.15, -0.1) is 0 Å². The molecule has 0 radical (unpaired) electrons. The summed E-state index contributed by atoms with van der Waals surface area (Å²) in [4.78, 5) is 13.7. The Morgan fingerprint density at radius 1 is 1.29 bits per heavy atom. The summed E-state index contributed by atoms with van der Waals surface area (Å²) < 4.78 is 23.7. The minimum Gasteiger partial charge on any atom is -0.454 e. The number of amides is 2. The van der Waals surface area contributed by atoms with E-state index in [1.807, 2.05) is 18.2 Å². The normalized spacial score (nSPS) is 11.7. The smallest absolute Gasteiger partial charge is 0.321 e. The fourth-order valence-corrected chi connectivity index (χ4v) is 2.31. The Hall–Kier alpha value is -3.27. The number of ether oxygens (including phenoxy) is 2. The highest BCUT2D eigenvalue weighted by Crippen LogP contribution is 2.32. The molecule has 1 heterocycles. The number of urea groups is 1. The second-order valence-electron chi connectivity index (χ2n) is 5.28. The second-order valence-corrected chi connectivity index (χ2v) is 5.28. The van der Waals surface area contributed by atoms with Crippen molar-refractivity contribution < 1.29 is 18.7 Å². The van der Waals surface area contributed by atoms with Crippen LogP contribution in [-0.2, 0) is 6.54 Å². The van der Waals surface area contributed by atoms with Crippen molar-refractivity contribution in [2.45, 2.75) is 6.54 Å². The van der Waals surface area contributed by atoms with E-state index in [0.29, 0.717) is 18.0 Å². The number of carbonyl (C=O) groups excluding carboxylic acids is 1. The van der Waals surface area contributed by atoms with E-state index < -0.39 is 11.8 Å². The van der Waals surface area contributed by atoms with E-state index in [4.69, 9.17) is 14.7 Å². The first-order valence-electron chi connectivity index (χ1n) is 7.17. The molecule has 24 heavy (non-hydrogen) atoms. The number of anilines is 1. The van der Waals surface area contributed by atoms with Gasteiger partial charge in [-0.05, 0) is 35.9 Å². The maximum Gasteiger partial charge on any atom is 0.321 e. The zero-order valence-corrected chi connectivity index (χ0v) is 12.9. The van der Waals surface area contributed by atoms with Crippen molar-refractivity contribution in [2.24, 2.45) is 0 Å². The number of nitriles is 1. The molecule has 0 spiro atoms. The Kier molecular flexibility index (Phi) is 4.20. The Bertz CT molecular complexity index is 832. The van der Waals surface area contributed by atoms with Gasteiger partial charge in [-0.25, -0.2) is 9.18 Å². The number of hydrogen-bond donors (Lipinski definition) is 1. The van der Waals surface area contributed by atoms with Gasteiger partial charge in [0.1, 0.15) is 11.9 Å². The van der Waals surface area contributed by atoms with Gasteiger partial charge in [0.25, 0.3) is 0 Å². The van der Waals surface area contributed by atoms with Crippen molar-refractivity contribution in [2.75, 3.05) is 19.2 Å². The average molecular weight is 327 g/mol. The zero-order valence-electron chi connectivity index (χ0n) is 12.9. The standard InChI is InChI=1S/C17H14FN3O3/c1-21(9-11-2-5-15-16(6-11)24-10-23-15)17(22)20-14-4-3-13(18)7-12(14)8-19/h2-7H,9-10H2,1H3,(H,20,22). The largest absolute Gasteiger partial charge is 0.454 e. The predicted octanol–water partition coefficient (Wildman–Crippen LogP) is 3.09. The lowest BCUT2D eigenvalue weighted by molar-refractivity contribution is 0.174. The first-order chi connectivity index (χ1) is 11.6. The summed E-state index contributed by atoms with van der Waals surface area (Å²) >= 11 is 0. The second kappa shape index (κ2) is 6.46. The Balaban J connectivity index is 1.68. The molecule has 2 aromatic carbocycles. The summed E-state index contributed by atoms with van der Waals surface area (Å²) in [7, 11) is 1.62. The van der Waals surface area contributed by atoms with Crippen LogP contribution in [0.5, 0.6) is 11.5 Å². The van der Waals surface area contributed by atoms with Crippen molar-refractivity contribution in [3.05, 3.63) is 53.3 Å². The molecule has 3 rings (SSSR count). The maximum atomic E-state index is 13.1. The van der Waals surface area contributed by atoms with Gasteiger partial charge < -0.3 is 19.7 Å². The Morgan fingerprint density at radius 3 is 2.88 bits per heavy atom. The van der Waals surface area contributed by atoms with E-state index in [-0.39, 0.29) is 18.0 Å². The molecule has 7 heteroatoms. The number of carbonyl (C=O) groups is 1. The Labute approximate surface area is 138 Å². The van der Waals surface area contributed by atoms with Crippen LogP contribution in [0.4, 0.5) is 14.9 Å². The fraction of sp³-hybridized carbons (Fsp3) is 0.176. The molecule has 0 saturated carbocycles. The van der Waals surface area contributed by atoms with Crippen LogP contribution >= 0.6 is 0 Å². The van der Waals surface area contributed by atoms with Gasteiger partial charge in [0.2, 0.25) is 6.79 Å².